The molecule has 0 aliphatic heterocycles. The Morgan fingerprint density at radius 2 is 2.25 bits per heavy atom. The van der Waals surface area contributed by atoms with Gasteiger partial charge in [0.1, 0.15) is 5.82 Å². The van der Waals surface area contributed by atoms with Crippen molar-refractivity contribution in [1.29, 1.82) is 0 Å². The van der Waals surface area contributed by atoms with Crippen molar-refractivity contribution in [3.63, 3.8) is 0 Å². The van der Waals surface area contributed by atoms with E-state index in [1.165, 1.54) is 29.3 Å². The Hall–Kier alpha value is -0.900. The molecule has 1 aliphatic rings. The second-order valence-electron chi connectivity index (χ2n) is 5.41. The minimum absolute atomic E-state index is 0.0317. The van der Waals surface area contributed by atoms with Gasteiger partial charge in [0.15, 0.2) is 0 Å². The SMILES string of the molecule is NC(Cc1ccc(Cl)c(F)c1)C1CCCc2sccc21. The fourth-order valence-corrected chi connectivity index (χ4v) is 4.16. The number of hydrogen-bond acceptors (Lipinski definition) is 2. The molecule has 1 aliphatic carbocycles. The van der Waals surface area contributed by atoms with Crippen LogP contribution in [0.25, 0.3) is 0 Å². The highest BCUT2D eigenvalue weighted by Crippen LogP contribution is 2.37. The zero-order valence-electron chi connectivity index (χ0n) is 11.1. The average Bonchev–Trinajstić information content (AvgIpc) is 2.91. The Bertz CT molecular complexity index is 610. The number of rotatable bonds is 3. The van der Waals surface area contributed by atoms with Crippen LogP contribution >= 0.6 is 22.9 Å². The van der Waals surface area contributed by atoms with Crippen molar-refractivity contribution in [3.05, 3.63) is 56.5 Å². The van der Waals surface area contributed by atoms with E-state index in [9.17, 15) is 4.39 Å². The average molecular weight is 310 g/mol. The third kappa shape index (κ3) is 2.76. The van der Waals surface area contributed by atoms with E-state index < -0.39 is 0 Å². The molecule has 4 heteroatoms. The molecule has 20 heavy (non-hydrogen) atoms. The molecule has 0 bridgehead atoms. The molecular formula is C16H17ClFNS. The maximum absolute atomic E-state index is 13.5. The first kappa shape index (κ1) is 14.1. The molecular weight excluding hydrogens is 293 g/mol. The maximum Gasteiger partial charge on any atom is 0.142 e. The number of nitrogens with two attached hydrogens (primary N) is 1. The number of benzene rings is 1. The van der Waals surface area contributed by atoms with Gasteiger partial charge in [0.05, 0.1) is 5.02 Å². The highest BCUT2D eigenvalue weighted by Gasteiger charge is 2.26. The molecule has 1 nitrogen and oxygen atoms in total. The van der Waals surface area contributed by atoms with E-state index >= 15 is 0 Å². The molecule has 2 N–H and O–H groups in total. The molecule has 0 spiro atoms. The van der Waals surface area contributed by atoms with Gasteiger partial charge in [0, 0.05) is 16.8 Å². The molecule has 0 radical (unpaired) electrons. The van der Waals surface area contributed by atoms with Gasteiger partial charge >= 0.3 is 0 Å². The summed E-state index contributed by atoms with van der Waals surface area (Å²) in [4.78, 5) is 1.47. The quantitative estimate of drug-likeness (QED) is 0.885. The minimum Gasteiger partial charge on any atom is -0.327 e. The molecule has 2 atom stereocenters. The largest absolute Gasteiger partial charge is 0.327 e. The second kappa shape index (κ2) is 5.84. The number of halogens is 2. The lowest BCUT2D eigenvalue weighted by molar-refractivity contribution is 0.463. The van der Waals surface area contributed by atoms with Gasteiger partial charge in [-0.1, -0.05) is 17.7 Å². The van der Waals surface area contributed by atoms with E-state index in [-0.39, 0.29) is 16.9 Å². The van der Waals surface area contributed by atoms with Crippen molar-refractivity contribution in [1.82, 2.24) is 0 Å². The van der Waals surface area contributed by atoms with Gasteiger partial charge in [-0.15, -0.1) is 11.3 Å². The van der Waals surface area contributed by atoms with Crippen molar-refractivity contribution < 1.29 is 4.39 Å². The van der Waals surface area contributed by atoms with Crippen LogP contribution in [-0.2, 0) is 12.8 Å². The van der Waals surface area contributed by atoms with Crippen LogP contribution in [0.3, 0.4) is 0 Å². The van der Waals surface area contributed by atoms with E-state index in [0.717, 1.165) is 12.0 Å². The van der Waals surface area contributed by atoms with Crippen LogP contribution in [0.2, 0.25) is 5.02 Å². The van der Waals surface area contributed by atoms with Crippen molar-refractivity contribution in [2.24, 2.45) is 5.73 Å². The first-order valence-electron chi connectivity index (χ1n) is 6.91. The molecule has 0 saturated heterocycles. The summed E-state index contributed by atoms with van der Waals surface area (Å²) in [5, 5.41) is 2.32. The van der Waals surface area contributed by atoms with Gasteiger partial charge < -0.3 is 5.73 Å². The second-order valence-corrected chi connectivity index (χ2v) is 6.82. The first-order chi connectivity index (χ1) is 9.65. The van der Waals surface area contributed by atoms with Crippen LogP contribution in [0.4, 0.5) is 4.39 Å². The Morgan fingerprint density at radius 1 is 1.40 bits per heavy atom. The van der Waals surface area contributed by atoms with E-state index in [1.807, 2.05) is 17.4 Å². The lowest BCUT2D eigenvalue weighted by Gasteiger charge is -2.28. The van der Waals surface area contributed by atoms with Gasteiger partial charge in [0.25, 0.3) is 0 Å². The molecule has 0 amide bonds. The standard InChI is InChI=1S/C16H17ClFNS/c17-13-5-4-10(8-14(13)18)9-15(19)11-2-1-3-16-12(11)6-7-20-16/h4-8,11,15H,1-3,9,19H2. The fraction of sp³-hybridized carbons (Fsp3) is 0.375. The molecule has 1 heterocycles. The highest BCUT2D eigenvalue weighted by atomic mass is 35.5. The lowest BCUT2D eigenvalue weighted by atomic mass is 9.81. The molecule has 0 fully saturated rings. The van der Waals surface area contributed by atoms with E-state index in [1.54, 1.807) is 6.07 Å². The number of hydrogen-bond donors (Lipinski definition) is 1. The smallest absolute Gasteiger partial charge is 0.142 e. The summed E-state index contributed by atoms with van der Waals surface area (Å²) in [6.07, 6.45) is 4.18. The Morgan fingerprint density at radius 3 is 3.05 bits per heavy atom. The predicted octanol–water partition coefficient (Wildman–Crippen LogP) is 4.53. The van der Waals surface area contributed by atoms with Crippen LogP contribution < -0.4 is 5.73 Å². The monoisotopic (exact) mass is 309 g/mol. The van der Waals surface area contributed by atoms with E-state index in [4.69, 9.17) is 17.3 Å². The van der Waals surface area contributed by atoms with Gasteiger partial charge in [-0.2, -0.15) is 0 Å². The van der Waals surface area contributed by atoms with Crippen LogP contribution in [-0.4, -0.2) is 6.04 Å². The van der Waals surface area contributed by atoms with Crippen molar-refractivity contribution in [2.45, 2.75) is 37.6 Å². The summed E-state index contributed by atoms with van der Waals surface area (Å²) >= 11 is 7.54. The summed E-state index contributed by atoms with van der Waals surface area (Å²) in [6, 6.07) is 7.20. The first-order valence-corrected chi connectivity index (χ1v) is 8.16. The normalized spacial score (nSPS) is 19.6. The topological polar surface area (TPSA) is 26.0 Å². The fourth-order valence-electron chi connectivity index (χ4n) is 3.05. The number of fused-ring (bicyclic) bond motifs is 1. The third-order valence-electron chi connectivity index (χ3n) is 4.07. The third-order valence-corrected chi connectivity index (χ3v) is 5.37. The summed E-state index contributed by atoms with van der Waals surface area (Å²) in [7, 11) is 0. The van der Waals surface area contributed by atoms with Crippen LogP contribution in [0.1, 0.15) is 34.8 Å². The zero-order valence-corrected chi connectivity index (χ0v) is 12.7. The summed E-state index contributed by atoms with van der Waals surface area (Å²) in [6.45, 7) is 0. The van der Waals surface area contributed by atoms with Crippen molar-refractivity contribution in [2.75, 3.05) is 0 Å². The van der Waals surface area contributed by atoms with Gasteiger partial charge in [0.2, 0.25) is 0 Å². The Labute approximate surface area is 127 Å². The van der Waals surface area contributed by atoms with Crippen LogP contribution in [0, 0.1) is 5.82 Å². The number of aryl methyl sites for hydroxylation is 1. The van der Waals surface area contributed by atoms with Crippen LogP contribution in [0.15, 0.2) is 29.6 Å². The Balaban J connectivity index is 1.77. The van der Waals surface area contributed by atoms with Gasteiger partial charge in [-0.25, -0.2) is 4.39 Å². The summed E-state index contributed by atoms with van der Waals surface area (Å²) < 4.78 is 13.5. The summed E-state index contributed by atoms with van der Waals surface area (Å²) in [5.74, 6) is 0.0278. The molecule has 2 aromatic rings. The number of thiophene rings is 1. The lowest BCUT2D eigenvalue weighted by Crippen LogP contribution is -2.32. The van der Waals surface area contributed by atoms with Crippen LogP contribution in [0.5, 0.6) is 0 Å². The zero-order chi connectivity index (χ0) is 14.1. The Kier molecular flexibility index (Phi) is 4.11. The molecule has 106 valence electrons. The molecule has 3 rings (SSSR count). The van der Waals surface area contributed by atoms with Crippen molar-refractivity contribution in [3.8, 4) is 0 Å². The predicted molar refractivity (Wildman–Crippen MR) is 83.1 cm³/mol. The summed E-state index contributed by atoms with van der Waals surface area (Å²) in [5.41, 5.74) is 8.72. The van der Waals surface area contributed by atoms with E-state index in [2.05, 4.69) is 11.4 Å². The minimum atomic E-state index is -0.365. The van der Waals surface area contributed by atoms with Crippen molar-refractivity contribution >= 4 is 22.9 Å². The van der Waals surface area contributed by atoms with Gasteiger partial charge in [-0.3, -0.25) is 0 Å². The maximum atomic E-state index is 13.5. The molecule has 1 aromatic carbocycles. The van der Waals surface area contributed by atoms with E-state index in [0.29, 0.717) is 12.3 Å². The highest BCUT2D eigenvalue weighted by molar-refractivity contribution is 7.10. The van der Waals surface area contributed by atoms with Gasteiger partial charge in [-0.05, 0) is 60.4 Å². The molecule has 2 unspecified atom stereocenters. The molecule has 1 aromatic heterocycles. The molecule has 0 saturated carbocycles.